The Morgan fingerprint density at radius 1 is 1.39 bits per heavy atom. The van der Waals surface area contributed by atoms with Crippen molar-refractivity contribution < 1.29 is 4.39 Å². The van der Waals surface area contributed by atoms with Gasteiger partial charge in [0, 0.05) is 24.3 Å². The highest BCUT2D eigenvalue weighted by molar-refractivity contribution is 5.61. The normalized spacial score (nSPS) is 12.7. The van der Waals surface area contributed by atoms with Crippen LogP contribution in [0.4, 0.5) is 4.39 Å². The van der Waals surface area contributed by atoms with Crippen LogP contribution in [0.1, 0.15) is 25.5 Å². The summed E-state index contributed by atoms with van der Waals surface area (Å²) in [6.07, 6.45) is 1.70. The van der Waals surface area contributed by atoms with Gasteiger partial charge in [0.2, 0.25) is 0 Å². The van der Waals surface area contributed by atoms with Gasteiger partial charge in [0.15, 0.2) is 0 Å². The first-order valence-electron chi connectivity index (χ1n) is 6.16. The molecule has 0 aliphatic rings. The molecule has 1 unspecified atom stereocenters. The van der Waals surface area contributed by atoms with Crippen molar-refractivity contribution >= 4 is 0 Å². The van der Waals surface area contributed by atoms with Crippen molar-refractivity contribution in [2.24, 2.45) is 0 Å². The lowest BCUT2D eigenvalue weighted by atomic mass is 10.0. The van der Waals surface area contributed by atoms with Crippen LogP contribution in [0.3, 0.4) is 0 Å². The molecule has 18 heavy (non-hydrogen) atoms. The lowest BCUT2D eigenvalue weighted by Crippen LogP contribution is -2.12. The molecule has 1 heterocycles. The van der Waals surface area contributed by atoms with Gasteiger partial charge in [-0.2, -0.15) is 5.10 Å². The van der Waals surface area contributed by atoms with Crippen molar-refractivity contribution in [2.45, 2.75) is 26.4 Å². The number of hydrogen-bond donors (Lipinski definition) is 1. The molecule has 0 saturated carbocycles. The highest BCUT2D eigenvalue weighted by Crippen LogP contribution is 2.26. The van der Waals surface area contributed by atoms with Crippen molar-refractivity contribution in [1.29, 1.82) is 0 Å². The van der Waals surface area contributed by atoms with Gasteiger partial charge in [-0.05, 0) is 44.7 Å². The number of halogens is 1. The van der Waals surface area contributed by atoms with Crippen LogP contribution in [-0.4, -0.2) is 16.8 Å². The van der Waals surface area contributed by atoms with E-state index >= 15 is 0 Å². The number of aromatic nitrogens is 2. The number of nitrogens with zero attached hydrogens (tertiary/aromatic N) is 2. The van der Waals surface area contributed by atoms with E-state index in [1.807, 2.05) is 39.1 Å². The minimum Gasteiger partial charge on any atom is -0.313 e. The van der Waals surface area contributed by atoms with Crippen LogP contribution in [0.25, 0.3) is 11.3 Å². The molecule has 1 aromatic heterocycles. The van der Waals surface area contributed by atoms with E-state index in [2.05, 4.69) is 10.4 Å². The van der Waals surface area contributed by atoms with Crippen LogP contribution in [0.2, 0.25) is 0 Å². The zero-order valence-electron chi connectivity index (χ0n) is 10.9. The third-order valence-corrected chi connectivity index (χ3v) is 3.22. The Morgan fingerprint density at radius 2 is 2.17 bits per heavy atom. The topological polar surface area (TPSA) is 29.9 Å². The maximum Gasteiger partial charge on any atom is 0.132 e. The van der Waals surface area contributed by atoms with Crippen LogP contribution >= 0.6 is 0 Å². The molecule has 1 N–H and O–H groups in total. The lowest BCUT2D eigenvalue weighted by molar-refractivity contribution is 0.614. The molecule has 0 aliphatic heterocycles. The highest BCUT2D eigenvalue weighted by Gasteiger charge is 2.12. The van der Waals surface area contributed by atoms with E-state index in [0.717, 1.165) is 17.8 Å². The van der Waals surface area contributed by atoms with Gasteiger partial charge >= 0.3 is 0 Å². The Bertz CT molecular complexity index is 534. The third kappa shape index (κ3) is 2.29. The SMILES string of the molecule is CCn1nccc1-c1cc(C(C)NC)ccc1F. The average Bonchev–Trinajstić information content (AvgIpc) is 2.86. The van der Waals surface area contributed by atoms with E-state index in [-0.39, 0.29) is 11.9 Å². The number of rotatable bonds is 4. The molecule has 96 valence electrons. The molecule has 0 spiro atoms. The lowest BCUT2D eigenvalue weighted by Gasteiger charge is -2.13. The fourth-order valence-corrected chi connectivity index (χ4v) is 1.99. The van der Waals surface area contributed by atoms with Gasteiger partial charge < -0.3 is 5.32 Å². The van der Waals surface area contributed by atoms with E-state index in [0.29, 0.717) is 5.56 Å². The Kier molecular flexibility index (Phi) is 3.77. The fraction of sp³-hybridized carbons (Fsp3) is 0.357. The van der Waals surface area contributed by atoms with Crippen molar-refractivity contribution in [1.82, 2.24) is 15.1 Å². The molecule has 1 aromatic carbocycles. The van der Waals surface area contributed by atoms with Gasteiger partial charge in [0.05, 0.1) is 5.69 Å². The number of benzene rings is 1. The largest absolute Gasteiger partial charge is 0.313 e. The third-order valence-electron chi connectivity index (χ3n) is 3.22. The van der Waals surface area contributed by atoms with Crippen LogP contribution in [0, 0.1) is 5.82 Å². The Hall–Kier alpha value is -1.68. The minimum absolute atomic E-state index is 0.197. The first-order chi connectivity index (χ1) is 8.67. The molecule has 0 aliphatic carbocycles. The van der Waals surface area contributed by atoms with Gasteiger partial charge in [-0.15, -0.1) is 0 Å². The molecule has 0 fully saturated rings. The van der Waals surface area contributed by atoms with Crippen molar-refractivity contribution in [3.63, 3.8) is 0 Å². The summed E-state index contributed by atoms with van der Waals surface area (Å²) in [6.45, 7) is 4.77. The standard InChI is InChI=1S/C14H18FN3/c1-4-18-14(7-8-17-18)12-9-11(10(2)16-3)5-6-13(12)15/h5-10,16H,4H2,1-3H3. The second kappa shape index (κ2) is 5.31. The quantitative estimate of drug-likeness (QED) is 0.900. The van der Waals surface area contributed by atoms with E-state index in [1.165, 1.54) is 6.07 Å². The summed E-state index contributed by atoms with van der Waals surface area (Å²) in [6, 6.07) is 7.26. The molecule has 2 aromatic rings. The summed E-state index contributed by atoms with van der Waals surface area (Å²) in [5, 5.41) is 7.34. The Morgan fingerprint density at radius 3 is 2.83 bits per heavy atom. The van der Waals surface area contributed by atoms with Crippen molar-refractivity contribution in [2.75, 3.05) is 7.05 Å². The molecule has 0 bridgehead atoms. The van der Waals surface area contributed by atoms with Gasteiger partial charge in [-0.1, -0.05) is 6.07 Å². The Labute approximate surface area is 107 Å². The molecule has 3 nitrogen and oxygen atoms in total. The molecule has 1 atom stereocenters. The first-order valence-corrected chi connectivity index (χ1v) is 6.16. The van der Waals surface area contributed by atoms with Crippen molar-refractivity contribution in [3.8, 4) is 11.3 Å². The van der Waals surface area contributed by atoms with Crippen LogP contribution in [-0.2, 0) is 6.54 Å². The zero-order chi connectivity index (χ0) is 13.1. The Balaban J connectivity index is 2.50. The maximum absolute atomic E-state index is 14.0. The smallest absolute Gasteiger partial charge is 0.132 e. The summed E-state index contributed by atoms with van der Waals surface area (Å²) < 4.78 is 15.8. The summed E-state index contributed by atoms with van der Waals surface area (Å²) in [4.78, 5) is 0. The summed E-state index contributed by atoms with van der Waals surface area (Å²) in [5.41, 5.74) is 2.49. The number of nitrogens with one attached hydrogen (secondary N) is 1. The monoisotopic (exact) mass is 247 g/mol. The minimum atomic E-state index is -0.211. The summed E-state index contributed by atoms with van der Waals surface area (Å²) in [5.74, 6) is -0.211. The molecule has 0 radical (unpaired) electrons. The van der Waals surface area contributed by atoms with E-state index in [9.17, 15) is 4.39 Å². The number of aryl methyl sites for hydroxylation is 1. The molecule has 0 amide bonds. The molecular formula is C14H18FN3. The van der Waals surface area contributed by atoms with Crippen molar-refractivity contribution in [3.05, 3.63) is 41.8 Å². The van der Waals surface area contributed by atoms with Crippen LogP contribution in [0.15, 0.2) is 30.5 Å². The molecule has 4 heteroatoms. The van der Waals surface area contributed by atoms with Gasteiger partial charge in [0.1, 0.15) is 5.82 Å². The molecule has 2 rings (SSSR count). The number of hydrogen-bond acceptors (Lipinski definition) is 2. The highest BCUT2D eigenvalue weighted by atomic mass is 19.1. The predicted molar refractivity (Wildman–Crippen MR) is 70.8 cm³/mol. The van der Waals surface area contributed by atoms with E-state index < -0.39 is 0 Å². The average molecular weight is 247 g/mol. The summed E-state index contributed by atoms with van der Waals surface area (Å²) in [7, 11) is 1.89. The predicted octanol–water partition coefficient (Wildman–Crippen LogP) is 2.99. The molecule has 0 saturated heterocycles. The second-order valence-electron chi connectivity index (χ2n) is 4.28. The molecular weight excluding hydrogens is 229 g/mol. The van der Waals surface area contributed by atoms with Crippen LogP contribution in [0.5, 0.6) is 0 Å². The van der Waals surface area contributed by atoms with Gasteiger partial charge in [0.25, 0.3) is 0 Å². The second-order valence-corrected chi connectivity index (χ2v) is 4.28. The summed E-state index contributed by atoms with van der Waals surface area (Å²) >= 11 is 0. The van der Waals surface area contributed by atoms with E-state index in [4.69, 9.17) is 0 Å². The first kappa shape index (κ1) is 12.8. The zero-order valence-corrected chi connectivity index (χ0v) is 10.9. The van der Waals surface area contributed by atoms with E-state index in [1.54, 1.807) is 10.9 Å². The maximum atomic E-state index is 14.0. The van der Waals surface area contributed by atoms with Gasteiger partial charge in [-0.3, -0.25) is 4.68 Å². The fourth-order valence-electron chi connectivity index (χ4n) is 1.99. The van der Waals surface area contributed by atoms with Crippen LogP contribution < -0.4 is 5.32 Å². The van der Waals surface area contributed by atoms with Gasteiger partial charge in [-0.25, -0.2) is 4.39 Å².